The molecule has 9 heteroatoms. The van der Waals surface area contributed by atoms with Crippen LogP contribution in [0.5, 0.6) is 11.5 Å². The Morgan fingerprint density at radius 3 is 2.52 bits per heavy atom. The van der Waals surface area contributed by atoms with Crippen molar-refractivity contribution in [1.82, 2.24) is 25.1 Å². The molecule has 0 aliphatic heterocycles. The second-order valence-electron chi connectivity index (χ2n) is 6.78. The first-order chi connectivity index (χ1) is 13.9. The van der Waals surface area contributed by atoms with Crippen LogP contribution >= 0.6 is 0 Å². The number of H-pyrrole nitrogens is 1. The highest BCUT2D eigenvalue weighted by Gasteiger charge is 2.32. The summed E-state index contributed by atoms with van der Waals surface area (Å²) in [5.74, 6) is 0.298. The molecule has 1 N–H and O–H groups in total. The number of benzene rings is 1. The molecule has 0 aliphatic carbocycles. The molecule has 0 atom stereocenters. The van der Waals surface area contributed by atoms with Gasteiger partial charge in [0.05, 0.1) is 29.8 Å². The summed E-state index contributed by atoms with van der Waals surface area (Å²) < 4.78 is 45.9. The van der Waals surface area contributed by atoms with Gasteiger partial charge in [0, 0.05) is 17.7 Å². The van der Waals surface area contributed by atoms with E-state index < -0.39 is 11.7 Å². The topological polar surface area (TPSA) is 66.9 Å². The Bertz CT molecular complexity index is 927. The standard InChI is InChI=1S/C20H22F3N5O/c1-3-4-5-28(2)12-15-9-26-27-19(15)14-6-16(20(21,22)23)8-17(7-14)29-18-10-24-13-25-11-18/h6-11,13H,3-5,12H2,1-2H3,(H,26,27). The first kappa shape index (κ1) is 20.8. The zero-order chi connectivity index (χ0) is 20.9. The van der Waals surface area contributed by atoms with Crippen molar-refractivity contribution in [2.24, 2.45) is 0 Å². The predicted octanol–water partition coefficient (Wildman–Crippen LogP) is 4.91. The maximum atomic E-state index is 13.5. The van der Waals surface area contributed by atoms with Crippen molar-refractivity contribution in [2.75, 3.05) is 13.6 Å². The Morgan fingerprint density at radius 2 is 1.83 bits per heavy atom. The summed E-state index contributed by atoms with van der Waals surface area (Å²) in [6.07, 6.45) is 3.33. The third kappa shape index (κ3) is 5.54. The van der Waals surface area contributed by atoms with Gasteiger partial charge < -0.3 is 9.64 Å². The number of unbranched alkanes of at least 4 members (excludes halogenated alkanes) is 1. The van der Waals surface area contributed by atoms with Crippen molar-refractivity contribution in [2.45, 2.75) is 32.5 Å². The highest BCUT2D eigenvalue weighted by atomic mass is 19.4. The summed E-state index contributed by atoms with van der Waals surface area (Å²) in [5, 5.41) is 6.87. The Morgan fingerprint density at radius 1 is 1.07 bits per heavy atom. The van der Waals surface area contributed by atoms with Crippen LogP contribution in [0.3, 0.4) is 0 Å². The number of nitrogens with zero attached hydrogens (tertiary/aromatic N) is 4. The number of alkyl halides is 3. The van der Waals surface area contributed by atoms with Gasteiger partial charge in [-0.1, -0.05) is 13.3 Å². The number of halogens is 3. The van der Waals surface area contributed by atoms with E-state index in [0.717, 1.165) is 37.1 Å². The number of hydrogen-bond donors (Lipinski definition) is 1. The minimum atomic E-state index is -4.51. The molecule has 1 aromatic carbocycles. The maximum absolute atomic E-state index is 13.5. The number of aromatic amines is 1. The molecule has 0 radical (unpaired) electrons. The summed E-state index contributed by atoms with van der Waals surface area (Å²) >= 11 is 0. The minimum absolute atomic E-state index is 0.0458. The molecule has 29 heavy (non-hydrogen) atoms. The van der Waals surface area contributed by atoms with Crippen LogP contribution in [-0.4, -0.2) is 38.7 Å². The SMILES string of the molecule is CCCCN(C)Cc1cn[nH]c1-c1cc(Oc2cncnc2)cc(C(F)(F)F)c1. The molecule has 154 valence electrons. The number of hydrogen-bond acceptors (Lipinski definition) is 5. The van der Waals surface area contributed by atoms with Crippen LogP contribution in [0.25, 0.3) is 11.3 Å². The Labute approximate surface area is 166 Å². The van der Waals surface area contributed by atoms with E-state index in [2.05, 4.69) is 32.0 Å². The van der Waals surface area contributed by atoms with Crippen molar-refractivity contribution >= 4 is 0 Å². The summed E-state index contributed by atoms with van der Waals surface area (Å²) in [6, 6.07) is 3.60. The maximum Gasteiger partial charge on any atom is 0.416 e. The minimum Gasteiger partial charge on any atom is -0.454 e. The Kier molecular flexibility index (Phi) is 6.48. The zero-order valence-electron chi connectivity index (χ0n) is 16.2. The first-order valence-electron chi connectivity index (χ1n) is 9.23. The lowest BCUT2D eigenvalue weighted by Gasteiger charge is -2.17. The van der Waals surface area contributed by atoms with Gasteiger partial charge in [0.25, 0.3) is 0 Å². The molecular formula is C20H22F3N5O. The largest absolute Gasteiger partial charge is 0.454 e. The van der Waals surface area contributed by atoms with E-state index in [-0.39, 0.29) is 11.5 Å². The molecule has 0 spiro atoms. The van der Waals surface area contributed by atoms with E-state index >= 15 is 0 Å². The van der Waals surface area contributed by atoms with E-state index in [1.54, 1.807) is 12.3 Å². The van der Waals surface area contributed by atoms with Gasteiger partial charge in [-0.15, -0.1) is 0 Å². The quantitative estimate of drug-likeness (QED) is 0.577. The van der Waals surface area contributed by atoms with Gasteiger partial charge in [0.2, 0.25) is 0 Å². The summed E-state index contributed by atoms with van der Waals surface area (Å²) in [4.78, 5) is 9.75. The number of aromatic nitrogens is 4. The third-order valence-electron chi connectivity index (χ3n) is 4.35. The van der Waals surface area contributed by atoms with Crippen molar-refractivity contribution in [1.29, 1.82) is 0 Å². The van der Waals surface area contributed by atoms with Gasteiger partial charge in [0.15, 0.2) is 5.75 Å². The molecule has 2 heterocycles. The van der Waals surface area contributed by atoms with Crippen molar-refractivity contribution in [3.05, 3.63) is 54.2 Å². The second kappa shape index (κ2) is 9.04. The number of nitrogens with one attached hydrogen (secondary N) is 1. The van der Waals surface area contributed by atoms with Crippen molar-refractivity contribution in [3.63, 3.8) is 0 Å². The van der Waals surface area contributed by atoms with Gasteiger partial charge in [0.1, 0.15) is 12.1 Å². The first-order valence-corrected chi connectivity index (χ1v) is 9.23. The fourth-order valence-electron chi connectivity index (χ4n) is 2.92. The molecule has 6 nitrogen and oxygen atoms in total. The molecule has 3 aromatic rings. The molecule has 0 unspecified atom stereocenters. The molecule has 3 rings (SSSR count). The van der Waals surface area contributed by atoms with Crippen LogP contribution in [0.4, 0.5) is 13.2 Å². The van der Waals surface area contributed by atoms with Crippen LogP contribution < -0.4 is 4.74 Å². The normalized spacial score (nSPS) is 11.8. The monoisotopic (exact) mass is 405 g/mol. The highest BCUT2D eigenvalue weighted by Crippen LogP contribution is 2.37. The molecular weight excluding hydrogens is 383 g/mol. The summed E-state index contributed by atoms with van der Waals surface area (Å²) in [6.45, 7) is 3.58. The van der Waals surface area contributed by atoms with Crippen LogP contribution in [0.15, 0.2) is 43.1 Å². The molecule has 0 bridgehead atoms. The Hall–Kier alpha value is -2.94. The lowest BCUT2D eigenvalue weighted by atomic mass is 10.0. The number of ether oxygens (including phenoxy) is 1. The van der Waals surface area contributed by atoms with Gasteiger partial charge in [-0.3, -0.25) is 5.10 Å². The predicted molar refractivity (Wildman–Crippen MR) is 102 cm³/mol. The average Bonchev–Trinajstić information content (AvgIpc) is 3.14. The third-order valence-corrected chi connectivity index (χ3v) is 4.35. The molecule has 0 aliphatic rings. The molecule has 0 fully saturated rings. The van der Waals surface area contributed by atoms with Crippen molar-refractivity contribution < 1.29 is 17.9 Å². The van der Waals surface area contributed by atoms with Gasteiger partial charge in [-0.25, -0.2) is 9.97 Å². The van der Waals surface area contributed by atoms with E-state index in [0.29, 0.717) is 17.8 Å². The molecule has 2 aromatic heterocycles. The van der Waals surface area contributed by atoms with Crippen LogP contribution in [0.1, 0.15) is 30.9 Å². The highest BCUT2D eigenvalue weighted by molar-refractivity contribution is 5.66. The fraction of sp³-hybridized carbons (Fsp3) is 0.350. The van der Waals surface area contributed by atoms with Crippen LogP contribution in [0, 0.1) is 0 Å². The lowest BCUT2D eigenvalue weighted by Crippen LogP contribution is -2.19. The fourth-order valence-corrected chi connectivity index (χ4v) is 2.92. The smallest absolute Gasteiger partial charge is 0.416 e. The van der Waals surface area contributed by atoms with E-state index in [1.807, 2.05) is 7.05 Å². The second-order valence-corrected chi connectivity index (χ2v) is 6.78. The molecule has 0 saturated carbocycles. The van der Waals surface area contributed by atoms with Gasteiger partial charge in [-0.05, 0) is 38.2 Å². The lowest BCUT2D eigenvalue weighted by molar-refractivity contribution is -0.137. The summed E-state index contributed by atoms with van der Waals surface area (Å²) in [7, 11) is 1.97. The van der Waals surface area contributed by atoms with Gasteiger partial charge in [-0.2, -0.15) is 18.3 Å². The van der Waals surface area contributed by atoms with E-state index in [1.165, 1.54) is 18.7 Å². The van der Waals surface area contributed by atoms with Crippen molar-refractivity contribution in [3.8, 4) is 22.8 Å². The number of rotatable bonds is 8. The molecule has 0 saturated heterocycles. The van der Waals surface area contributed by atoms with Gasteiger partial charge >= 0.3 is 6.18 Å². The van der Waals surface area contributed by atoms with E-state index in [9.17, 15) is 13.2 Å². The van der Waals surface area contributed by atoms with E-state index in [4.69, 9.17) is 4.74 Å². The van der Waals surface area contributed by atoms with Crippen LogP contribution in [0.2, 0.25) is 0 Å². The molecule has 0 amide bonds. The Balaban J connectivity index is 1.95. The van der Waals surface area contributed by atoms with Crippen LogP contribution in [-0.2, 0) is 12.7 Å². The summed E-state index contributed by atoms with van der Waals surface area (Å²) in [5.41, 5.74) is 0.898. The zero-order valence-corrected chi connectivity index (χ0v) is 16.2. The average molecular weight is 405 g/mol.